The molecule has 22 heavy (non-hydrogen) atoms. The second-order valence-electron chi connectivity index (χ2n) is 3.86. The van der Waals surface area contributed by atoms with E-state index in [9.17, 15) is 29.4 Å². The van der Waals surface area contributed by atoms with E-state index in [1.54, 1.807) is 0 Å². The van der Waals surface area contributed by atoms with Crippen LogP contribution in [0.5, 0.6) is 0 Å². The third-order valence-corrected chi connectivity index (χ3v) is 2.16. The molecule has 1 aromatic rings. The van der Waals surface area contributed by atoms with E-state index >= 15 is 0 Å². The minimum Gasteiger partial charge on any atom is -0.545 e. The second-order valence-corrected chi connectivity index (χ2v) is 3.86. The third kappa shape index (κ3) is 6.66. The molecule has 1 rings (SSSR count). The number of aliphatic carboxylic acids is 2. The lowest BCUT2D eigenvalue weighted by Crippen LogP contribution is -2.20. The van der Waals surface area contributed by atoms with Gasteiger partial charge in [0.25, 0.3) is 0 Å². The zero-order chi connectivity index (χ0) is 16.5. The van der Waals surface area contributed by atoms with Crippen molar-refractivity contribution in [1.82, 2.24) is 0 Å². The molecule has 0 unspecified atom stereocenters. The van der Waals surface area contributed by atoms with Crippen molar-refractivity contribution in [3.05, 3.63) is 48.6 Å². The number of hydrogen-bond acceptors (Lipinski definition) is 6. The number of carbonyl (C=O) groups excluding carboxylic acids is 4. The van der Waals surface area contributed by atoms with Gasteiger partial charge in [-0.05, 0) is 36.4 Å². The fraction of sp³-hybridized carbons (Fsp3) is 0. The van der Waals surface area contributed by atoms with Gasteiger partial charge in [-0.25, -0.2) is 0 Å². The molecule has 0 aromatic heterocycles. The van der Waals surface area contributed by atoms with Crippen LogP contribution in [0.2, 0.25) is 0 Å². The number of carbonyl (C=O) groups is 4. The van der Waals surface area contributed by atoms with Crippen molar-refractivity contribution < 1.29 is 29.4 Å². The SMILES string of the molecule is O=C([O-])/C=C\C(=O)Nc1ccc(NC(=O)/C=C\C(=O)[O-])cc1. The fourth-order valence-electron chi connectivity index (χ4n) is 1.29. The molecule has 0 radical (unpaired) electrons. The minimum atomic E-state index is -1.49. The predicted molar refractivity (Wildman–Crippen MR) is 72.0 cm³/mol. The van der Waals surface area contributed by atoms with Gasteiger partial charge in [0.15, 0.2) is 0 Å². The number of carboxylic acids is 2. The van der Waals surface area contributed by atoms with Crippen LogP contribution in [0.1, 0.15) is 0 Å². The molecule has 0 heterocycles. The summed E-state index contributed by atoms with van der Waals surface area (Å²) >= 11 is 0. The van der Waals surface area contributed by atoms with Gasteiger partial charge in [0.1, 0.15) is 0 Å². The first-order valence-corrected chi connectivity index (χ1v) is 5.87. The predicted octanol–water partition coefficient (Wildman–Crippen LogP) is -1.82. The van der Waals surface area contributed by atoms with E-state index in [4.69, 9.17) is 0 Å². The van der Waals surface area contributed by atoms with Crippen LogP contribution >= 0.6 is 0 Å². The molecule has 0 atom stereocenters. The summed E-state index contributed by atoms with van der Waals surface area (Å²) in [7, 11) is 0. The van der Waals surface area contributed by atoms with Crippen molar-refractivity contribution in [3.8, 4) is 0 Å². The molecular weight excluding hydrogens is 292 g/mol. The van der Waals surface area contributed by atoms with Crippen molar-refractivity contribution in [3.63, 3.8) is 0 Å². The first-order chi connectivity index (χ1) is 10.4. The highest BCUT2D eigenvalue weighted by Gasteiger charge is 2.00. The molecule has 1 aromatic carbocycles. The molecular formula is C14H10N2O6-2. The van der Waals surface area contributed by atoms with Crippen LogP contribution in [-0.4, -0.2) is 23.8 Å². The summed E-state index contributed by atoms with van der Waals surface area (Å²) < 4.78 is 0. The Morgan fingerprint density at radius 2 is 1.00 bits per heavy atom. The average Bonchev–Trinajstić information content (AvgIpc) is 2.45. The van der Waals surface area contributed by atoms with Crippen LogP contribution < -0.4 is 20.8 Å². The molecule has 0 saturated heterocycles. The fourth-order valence-corrected chi connectivity index (χ4v) is 1.29. The normalized spacial score (nSPS) is 10.5. The zero-order valence-electron chi connectivity index (χ0n) is 11.1. The Labute approximate surface area is 124 Å². The molecule has 0 aliphatic carbocycles. The van der Waals surface area contributed by atoms with Crippen molar-refractivity contribution in [2.45, 2.75) is 0 Å². The number of hydrogen-bond donors (Lipinski definition) is 2. The number of carboxylic acid groups (broad SMARTS) is 2. The summed E-state index contributed by atoms with van der Waals surface area (Å²) in [6.45, 7) is 0. The summed E-state index contributed by atoms with van der Waals surface area (Å²) in [5, 5.41) is 25.0. The summed E-state index contributed by atoms with van der Waals surface area (Å²) in [6.07, 6.45) is 2.78. The molecule has 0 saturated carbocycles. The van der Waals surface area contributed by atoms with Crippen LogP contribution in [0.15, 0.2) is 48.6 Å². The molecule has 8 nitrogen and oxygen atoms in total. The topological polar surface area (TPSA) is 138 Å². The maximum absolute atomic E-state index is 11.3. The highest BCUT2D eigenvalue weighted by atomic mass is 16.4. The summed E-state index contributed by atoms with van der Waals surface area (Å²) in [4.78, 5) is 42.9. The number of benzene rings is 1. The minimum absolute atomic E-state index is 0.372. The molecule has 2 N–H and O–H groups in total. The zero-order valence-corrected chi connectivity index (χ0v) is 11.1. The lowest BCUT2D eigenvalue weighted by molar-refractivity contribution is -0.298. The van der Waals surface area contributed by atoms with Crippen LogP contribution in [-0.2, 0) is 19.2 Å². The molecule has 0 fully saturated rings. The molecule has 2 amide bonds. The lowest BCUT2D eigenvalue weighted by Gasteiger charge is -2.05. The van der Waals surface area contributed by atoms with E-state index in [1.807, 2.05) is 0 Å². The first-order valence-electron chi connectivity index (χ1n) is 5.87. The van der Waals surface area contributed by atoms with Gasteiger partial charge >= 0.3 is 0 Å². The maximum atomic E-state index is 11.3. The Balaban J connectivity index is 2.59. The highest BCUT2D eigenvalue weighted by molar-refractivity contribution is 6.03. The van der Waals surface area contributed by atoms with Crippen molar-refractivity contribution in [2.24, 2.45) is 0 Å². The number of nitrogens with one attached hydrogen (secondary N) is 2. The Hall–Kier alpha value is -3.42. The standard InChI is InChI=1S/C14H12N2O6/c17-11(5-7-13(19)20)15-9-1-2-10(4-3-9)16-12(18)6-8-14(21)22/h1-8H,(H,15,17)(H,16,18)(H,19,20)(H,21,22)/p-2/b7-5-,8-6-. The lowest BCUT2D eigenvalue weighted by atomic mass is 10.2. The van der Waals surface area contributed by atoms with Gasteiger partial charge in [0.05, 0.1) is 11.9 Å². The van der Waals surface area contributed by atoms with Gasteiger partial charge in [-0.15, -0.1) is 0 Å². The van der Waals surface area contributed by atoms with Gasteiger partial charge in [-0.2, -0.15) is 0 Å². The summed E-state index contributed by atoms with van der Waals surface area (Å²) in [6, 6.07) is 5.84. The van der Waals surface area contributed by atoms with E-state index in [0.29, 0.717) is 23.5 Å². The van der Waals surface area contributed by atoms with Gasteiger partial charge in [-0.1, -0.05) is 0 Å². The van der Waals surface area contributed by atoms with Crippen molar-refractivity contribution >= 4 is 35.1 Å². The molecule has 0 bridgehead atoms. The molecule has 0 spiro atoms. The molecule has 8 heteroatoms. The Morgan fingerprint density at radius 3 is 1.27 bits per heavy atom. The van der Waals surface area contributed by atoms with Crippen molar-refractivity contribution in [2.75, 3.05) is 10.6 Å². The largest absolute Gasteiger partial charge is 0.545 e. The molecule has 0 aliphatic rings. The van der Waals surface area contributed by atoms with E-state index in [-0.39, 0.29) is 0 Å². The van der Waals surface area contributed by atoms with Crippen LogP contribution in [0, 0.1) is 0 Å². The highest BCUT2D eigenvalue weighted by Crippen LogP contribution is 2.13. The van der Waals surface area contributed by atoms with Gasteiger partial charge in [-0.3, -0.25) is 9.59 Å². The second kappa shape index (κ2) is 8.00. The van der Waals surface area contributed by atoms with Crippen LogP contribution in [0.25, 0.3) is 0 Å². The van der Waals surface area contributed by atoms with Gasteiger partial charge < -0.3 is 30.4 Å². The Morgan fingerprint density at radius 1 is 0.682 bits per heavy atom. The molecule has 0 aliphatic heterocycles. The number of anilines is 2. The number of amides is 2. The van der Waals surface area contributed by atoms with Crippen molar-refractivity contribution in [1.29, 1.82) is 0 Å². The van der Waals surface area contributed by atoms with Gasteiger partial charge in [0, 0.05) is 23.5 Å². The number of rotatable bonds is 6. The third-order valence-electron chi connectivity index (χ3n) is 2.16. The van der Waals surface area contributed by atoms with Crippen LogP contribution in [0.3, 0.4) is 0 Å². The summed E-state index contributed by atoms with van der Waals surface area (Å²) in [5.41, 5.74) is 0.743. The van der Waals surface area contributed by atoms with E-state index in [0.717, 1.165) is 12.2 Å². The quantitative estimate of drug-likeness (QED) is 0.593. The smallest absolute Gasteiger partial charge is 0.248 e. The van der Waals surface area contributed by atoms with Crippen LogP contribution in [0.4, 0.5) is 11.4 Å². The summed E-state index contributed by atoms with van der Waals surface area (Å²) in [5.74, 6) is -4.29. The van der Waals surface area contributed by atoms with E-state index < -0.39 is 23.8 Å². The first kappa shape index (κ1) is 16.6. The molecule has 114 valence electrons. The average molecular weight is 302 g/mol. The monoisotopic (exact) mass is 302 g/mol. The maximum Gasteiger partial charge on any atom is 0.248 e. The Kier molecular flexibility index (Phi) is 6.05. The van der Waals surface area contributed by atoms with Gasteiger partial charge in [0.2, 0.25) is 11.8 Å². The van der Waals surface area contributed by atoms with E-state index in [2.05, 4.69) is 10.6 Å². The Bertz CT molecular complexity index is 589. The van der Waals surface area contributed by atoms with E-state index in [1.165, 1.54) is 24.3 Å².